The van der Waals surface area contributed by atoms with Crippen LogP contribution in [0.2, 0.25) is 0 Å². The SMILES string of the molecule is CSc1ccc(CC(=O)N2CC[C@H](Cc3ccc(CO)cc3)C2)cc1. The summed E-state index contributed by atoms with van der Waals surface area (Å²) >= 11 is 1.72. The van der Waals surface area contributed by atoms with Gasteiger partial charge in [0.05, 0.1) is 13.0 Å². The van der Waals surface area contributed by atoms with Crippen LogP contribution in [0, 0.1) is 5.92 Å². The van der Waals surface area contributed by atoms with E-state index in [-0.39, 0.29) is 12.5 Å². The smallest absolute Gasteiger partial charge is 0.226 e. The fraction of sp³-hybridized carbons (Fsp3) is 0.381. The van der Waals surface area contributed by atoms with Crippen LogP contribution in [0.1, 0.15) is 23.1 Å². The van der Waals surface area contributed by atoms with Crippen LogP contribution in [0.3, 0.4) is 0 Å². The lowest BCUT2D eigenvalue weighted by Gasteiger charge is -2.17. The minimum Gasteiger partial charge on any atom is -0.392 e. The molecule has 0 unspecified atom stereocenters. The van der Waals surface area contributed by atoms with E-state index in [1.807, 2.05) is 17.0 Å². The normalized spacial score (nSPS) is 17.0. The molecule has 1 saturated heterocycles. The van der Waals surface area contributed by atoms with Crippen molar-refractivity contribution >= 4 is 17.7 Å². The van der Waals surface area contributed by atoms with Gasteiger partial charge < -0.3 is 10.0 Å². The van der Waals surface area contributed by atoms with Crippen molar-refractivity contribution in [3.05, 3.63) is 65.2 Å². The van der Waals surface area contributed by atoms with Gasteiger partial charge in [0.2, 0.25) is 5.91 Å². The van der Waals surface area contributed by atoms with Crippen molar-refractivity contribution in [1.29, 1.82) is 0 Å². The first-order valence-corrected chi connectivity index (χ1v) is 10.00. The summed E-state index contributed by atoms with van der Waals surface area (Å²) in [4.78, 5) is 15.8. The summed E-state index contributed by atoms with van der Waals surface area (Å²) in [6.07, 6.45) is 4.62. The minimum atomic E-state index is 0.0872. The number of aliphatic hydroxyl groups excluding tert-OH is 1. The zero-order valence-corrected chi connectivity index (χ0v) is 15.5. The van der Waals surface area contributed by atoms with Crippen molar-refractivity contribution in [3.8, 4) is 0 Å². The van der Waals surface area contributed by atoms with E-state index >= 15 is 0 Å². The van der Waals surface area contributed by atoms with Crippen LogP contribution in [-0.2, 0) is 24.2 Å². The van der Waals surface area contributed by atoms with E-state index in [9.17, 15) is 4.79 Å². The average molecular weight is 356 g/mol. The van der Waals surface area contributed by atoms with Gasteiger partial charge in [-0.1, -0.05) is 36.4 Å². The van der Waals surface area contributed by atoms with Crippen LogP contribution >= 0.6 is 11.8 Å². The standard InChI is InChI=1S/C21H25NO2S/c1-25-20-8-6-17(7-9-20)13-21(24)22-11-10-19(14-22)12-16-2-4-18(15-23)5-3-16/h2-9,19,23H,10-15H2,1H3/t19-/m1/s1. The lowest BCUT2D eigenvalue weighted by Crippen LogP contribution is -2.30. The van der Waals surface area contributed by atoms with Crippen LogP contribution in [0.5, 0.6) is 0 Å². The molecule has 1 fully saturated rings. The maximum atomic E-state index is 12.5. The summed E-state index contributed by atoms with van der Waals surface area (Å²) in [5.74, 6) is 0.762. The monoisotopic (exact) mass is 355 g/mol. The molecule has 1 heterocycles. The Morgan fingerprint density at radius 2 is 1.72 bits per heavy atom. The summed E-state index contributed by atoms with van der Waals surface area (Å²) in [7, 11) is 0. The van der Waals surface area contributed by atoms with Crippen molar-refractivity contribution in [3.63, 3.8) is 0 Å². The van der Waals surface area contributed by atoms with Gasteiger partial charge in [0.15, 0.2) is 0 Å². The van der Waals surface area contributed by atoms with Gasteiger partial charge in [0.25, 0.3) is 0 Å². The first kappa shape index (κ1) is 18.0. The maximum Gasteiger partial charge on any atom is 0.226 e. The molecule has 3 nitrogen and oxygen atoms in total. The van der Waals surface area contributed by atoms with Crippen LogP contribution in [0.25, 0.3) is 0 Å². The fourth-order valence-electron chi connectivity index (χ4n) is 3.37. The highest BCUT2D eigenvalue weighted by molar-refractivity contribution is 7.98. The number of aliphatic hydroxyl groups is 1. The Bertz CT molecular complexity index is 697. The Labute approximate surface area is 154 Å². The molecular formula is C21H25NO2S. The van der Waals surface area contributed by atoms with Crippen molar-refractivity contribution in [1.82, 2.24) is 4.90 Å². The largest absolute Gasteiger partial charge is 0.392 e. The molecule has 25 heavy (non-hydrogen) atoms. The van der Waals surface area contributed by atoms with E-state index in [0.717, 1.165) is 37.1 Å². The summed E-state index contributed by atoms with van der Waals surface area (Å²) < 4.78 is 0. The lowest BCUT2D eigenvalue weighted by molar-refractivity contribution is -0.129. The molecule has 0 radical (unpaired) electrons. The third-order valence-corrected chi connectivity index (χ3v) is 5.63. The molecule has 4 heteroatoms. The van der Waals surface area contributed by atoms with Gasteiger partial charge in [-0.05, 0) is 53.8 Å². The molecule has 2 aromatic carbocycles. The predicted octanol–water partition coefficient (Wildman–Crippen LogP) is 3.53. The molecule has 3 rings (SSSR count). The molecule has 0 bridgehead atoms. The van der Waals surface area contributed by atoms with Crippen LogP contribution in [-0.4, -0.2) is 35.3 Å². The van der Waals surface area contributed by atoms with Gasteiger partial charge in [-0.25, -0.2) is 0 Å². The molecule has 1 amide bonds. The number of amides is 1. The molecule has 1 atom stereocenters. The number of likely N-dealkylation sites (tertiary alicyclic amines) is 1. The molecular weight excluding hydrogens is 330 g/mol. The number of hydrogen-bond donors (Lipinski definition) is 1. The second kappa shape index (κ2) is 8.54. The van der Waals surface area contributed by atoms with Gasteiger partial charge >= 0.3 is 0 Å². The summed E-state index contributed by atoms with van der Waals surface area (Å²) in [6, 6.07) is 16.4. The topological polar surface area (TPSA) is 40.5 Å². The van der Waals surface area contributed by atoms with Crippen LogP contribution in [0.15, 0.2) is 53.4 Å². The van der Waals surface area contributed by atoms with E-state index in [4.69, 9.17) is 5.11 Å². The van der Waals surface area contributed by atoms with E-state index in [0.29, 0.717) is 12.3 Å². The highest BCUT2D eigenvalue weighted by Gasteiger charge is 2.26. The van der Waals surface area contributed by atoms with Gasteiger partial charge in [-0.3, -0.25) is 4.79 Å². The van der Waals surface area contributed by atoms with Gasteiger partial charge in [0, 0.05) is 18.0 Å². The minimum absolute atomic E-state index is 0.0872. The number of benzene rings is 2. The molecule has 0 aromatic heterocycles. The van der Waals surface area contributed by atoms with Gasteiger partial charge in [-0.2, -0.15) is 0 Å². The highest BCUT2D eigenvalue weighted by Crippen LogP contribution is 2.22. The van der Waals surface area contributed by atoms with Gasteiger partial charge in [-0.15, -0.1) is 11.8 Å². The van der Waals surface area contributed by atoms with E-state index in [2.05, 4.69) is 42.7 Å². The average Bonchev–Trinajstić information content (AvgIpc) is 3.12. The number of thioether (sulfide) groups is 1. The molecule has 0 aliphatic carbocycles. The Balaban J connectivity index is 1.51. The lowest BCUT2D eigenvalue weighted by atomic mass is 9.98. The Hall–Kier alpha value is -1.78. The van der Waals surface area contributed by atoms with E-state index < -0.39 is 0 Å². The zero-order chi connectivity index (χ0) is 17.6. The molecule has 0 spiro atoms. The first-order valence-electron chi connectivity index (χ1n) is 8.77. The van der Waals surface area contributed by atoms with Crippen molar-refractivity contribution in [2.24, 2.45) is 5.92 Å². The fourth-order valence-corrected chi connectivity index (χ4v) is 3.78. The predicted molar refractivity (Wildman–Crippen MR) is 103 cm³/mol. The number of rotatable bonds is 6. The Morgan fingerprint density at radius 3 is 2.36 bits per heavy atom. The maximum absolute atomic E-state index is 12.5. The summed E-state index contributed by atoms with van der Waals surface area (Å²) in [5, 5.41) is 9.11. The third-order valence-electron chi connectivity index (χ3n) is 4.88. The quantitative estimate of drug-likeness (QED) is 0.806. The van der Waals surface area contributed by atoms with Crippen molar-refractivity contribution < 1.29 is 9.90 Å². The first-order chi connectivity index (χ1) is 12.2. The molecule has 2 aromatic rings. The van der Waals surface area contributed by atoms with E-state index in [1.165, 1.54) is 10.5 Å². The number of carbonyl (C=O) groups is 1. The molecule has 1 aliphatic rings. The Kier molecular flexibility index (Phi) is 6.16. The molecule has 0 saturated carbocycles. The van der Waals surface area contributed by atoms with E-state index in [1.54, 1.807) is 11.8 Å². The molecule has 132 valence electrons. The molecule has 1 N–H and O–H groups in total. The number of nitrogens with zero attached hydrogens (tertiary/aromatic N) is 1. The summed E-state index contributed by atoms with van der Waals surface area (Å²) in [5.41, 5.74) is 3.31. The second-order valence-electron chi connectivity index (χ2n) is 6.70. The van der Waals surface area contributed by atoms with Crippen LogP contribution < -0.4 is 0 Å². The number of carbonyl (C=O) groups excluding carboxylic acids is 1. The molecule has 1 aliphatic heterocycles. The Morgan fingerprint density at radius 1 is 1.08 bits per heavy atom. The summed E-state index contributed by atoms with van der Waals surface area (Å²) in [6.45, 7) is 1.80. The third kappa shape index (κ3) is 4.86. The zero-order valence-electron chi connectivity index (χ0n) is 14.6. The number of hydrogen-bond acceptors (Lipinski definition) is 3. The van der Waals surface area contributed by atoms with Gasteiger partial charge in [0.1, 0.15) is 0 Å². The van der Waals surface area contributed by atoms with Crippen molar-refractivity contribution in [2.75, 3.05) is 19.3 Å². The van der Waals surface area contributed by atoms with Crippen molar-refractivity contribution in [2.45, 2.75) is 30.8 Å². The second-order valence-corrected chi connectivity index (χ2v) is 7.58. The van der Waals surface area contributed by atoms with Crippen LogP contribution in [0.4, 0.5) is 0 Å². The highest BCUT2D eigenvalue weighted by atomic mass is 32.2.